The molecule has 2 aliphatic rings. The summed E-state index contributed by atoms with van der Waals surface area (Å²) in [6, 6.07) is 3.64. The average Bonchev–Trinajstić information content (AvgIpc) is 3.33. The van der Waals surface area contributed by atoms with Gasteiger partial charge in [0, 0.05) is 25.3 Å². The second kappa shape index (κ2) is 7.92. The van der Waals surface area contributed by atoms with Crippen LogP contribution in [-0.2, 0) is 9.47 Å². The fraction of sp³-hybridized carbons (Fsp3) is 0.625. The van der Waals surface area contributed by atoms with Gasteiger partial charge in [-0.05, 0) is 38.5 Å². The molecular formula is C16H23BN4O4. The number of ether oxygens (including phenoxy) is 2. The fourth-order valence-electron chi connectivity index (χ4n) is 3.25. The van der Waals surface area contributed by atoms with E-state index in [1.54, 1.807) is 21.8 Å². The minimum Gasteiger partial charge on any atom is -0.515 e. The fourth-order valence-corrected chi connectivity index (χ4v) is 3.25. The summed E-state index contributed by atoms with van der Waals surface area (Å²) < 4.78 is 26.6. The maximum atomic E-state index is 5.76. The molecule has 0 amide bonds. The molecule has 2 atom stereocenters. The van der Waals surface area contributed by atoms with Crippen molar-refractivity contribution < 1.29 is 18.8 Å². The molecule has 2 aromatic heterocycles. The van der Waals surface area contributed by atoms with E-state index in [1.165, 1.54) is 0 Å². The highest BCUT2D eigenvalue weighted by molar-refractivity contribution is 6.20. The molecule has 8 nitrogen and oxygen atoms in total. The van der Waals surface area contributed by atoms with Crippen LogP contribution in [0.15, 0.2) is 24.5 Å². The number of hydrogen-bond donors (Lipinski definition) is 0. The molecule has 0 bridgehead atoms. The van der Waals surface area contributed by atoms with Crippen molar-refractivity contribution in [2.24, 2.45) is 0 Å². The summed E-state index contributed by atoms with van der Waals surface area (Å²) in [4.78, 5) is 0. The number of rotatable bonds is 6. The zero-order chi connectivity index (χ0) is 16.9. The van der Waals surface area contributed by atoms with Crippen LogP contribution in [0.2, 0.25) is 0 Å². The molecule has 0 aliphatic carbocycles. The van der Waals surface area contributed by atoms with Gasteiger partial charge in [-0.3, -0.25) is 0 Å². The van der Waals surface area contributed by atoms with Gasteiger partial charge in [-0.15, -0.1) is 0 Å². The molecule has 2 saturated heterocycles. The number of hydrogen-bond acceptors (Lipinski definition) is 6. The van der Waals surface area contributed by atoms with Gasteiger partial charge in [0.2, 0.25) is 0 Å². The van der Waals surface area contributed by atoms with Gasteiger partial charge in [0.1, 0.15) is 0 Å². The molecule has 2 aromatic rings. The normalized spacial score (nSPS) is 24.0. The highest BCUT2D eigenvalue weighted by atomic mass is 16.6. The third kappa shape index (κ3) is 3.82. The molecule has 0 aromatic carbocycles. The molecule has 4 rings (SSSR count). The van der Waals surface area contributed by atoms with E-state index in [0.717, 1.165) is 51.7 Å². The Morgan fingerprint density at radius 1 is 0.840 bits per heavy atom. The van der Waals surface area contributed by atoms with Gasteiger partial charge in [0.15, 0.2) is 24.2 Å². The minimum atomic E-state index is -0.0556. The van der Waals surface area contributed by atoms with Crippen molar-refractivity contribution in [2.45, 2.75) is 51.0 Å². The summed E-state index contributed by atoms with van der Waals surface area (Å²) in [6.45, 7) is 1.53. The first kappa shape index (κ1) is 16.5. The van der Waals surface area contributed by atoms with Crippen LogP contribution in [0.3, 0.4) is 0 Å². The van der Waals surface area contributed by atoms with Crippen molar-refractivity contribution in [2.75, 3.05) is 13.2 Å². The van der Waals surface area contributed by atoms with E-state index in [-0.39, 0.29) is 20.1 Å². The lowest BCUT2D eigenvalue weighted by Crippen LogP contribution is -2.23. The standard InChI is InChI=1S/C16H23BN4O4/c1-3-11-22-13(5-1)20-15(7-9-18-20)24-17-25-16-8-10-19-21(16)14-6-2-4-12-23-14/h7-10,13-14,17H,1-6,11-12H2. The van der Waals surface area contributed by atoms with Crippen LogP contribution in [0.5, 0.6) is 11.8 Å². The average molecular weight is 346 g/mol. The van der Waals surface area contributed by atoms with Crippen molar-refractivity contribution in [3.63, 3.8) is 0 Å². The summed E-state index contributed by atoms with van der Waals surface area (Å²) in [5.74, 6) is 1.29. The molecule has 0 radical (unpaired) electrons. The molecular weight excluding hydrogens is 323 g/mol. The van der Waals surface area contributed by atoms with Crippen molar-refractivity contribution in [3.05, 3.63) is 24.5 Å². The van der Waals surface area contributed by atoms with Crippen LogP contribution >= 0.6 is 0 Å². The molecule has 25 heavy (non-hydrogen) atoms. The predicted molar refractivity (Wildman–Crippen MR) is 90.5 cm³/mol. The molecule has 4 heterocycles. The lowest BCUT2D eigenvalue weighted by atomic mass is 10.2. The van der Waals surface area contributed by atoms with E-state index in [9.17, 15) is 0 Å². The topological polar surface area (TPSA) is 72.6 Å². The number of aromatic nitrogens is 4. The summed E-state index contributed by atoms with van der Waals surface area (Å²) in [5, 5.41) is 8.64. The van der Waals surface area contributed by atoms with Crippen LogP contribution in [0.25, 0.3) is 0 Å². The van der Waals surface area contributed by atoms with Crippen molar-refractivity contribution in [1.29, 1.82) is 0 Å². The number of nitrogens with zero attached hydrogens (tertiary/aromatic N) is 4. The van der Waals surface area contributed by atoms with Crippen molar-refractivity contribution in [3.8, 4) is 11.8 Å². The van der Waals surface area contributed by atoms with E-state index in [0.29, 0.717) is 11.8 Å². The first-order valence-electron chi connectivity index (χ1n) is 8.97. The minimum absolute atomic E-state index is 0.0556. The van der Waals surface area contributed by atoms with Gasteiger partial charge >= 0.3 is 7.69 Å². The maximum Gasteiger partial charge on any atom is 0.578 e. The van der Waals surface area contributed by atoms with Crippen LogP contribution in [0.4, 0.5) is 0 Å². The molecule has 0 saturated carbocycles. The van der Waals surface area contributed by atoms with Gasteiger partial charge in [0.25, 0.3) is 0 Å². The Morgan fingerprint density at radius 2 is 1.36 bits per heavy atom. The van der Waals surface area contributed by atoms with Crippen LogP contribution < -0.4 is 9.31 Å². The highest BCUT2D eigenvalue weighted by Crippen LogP contribution is 2.27. The quantitative estimate of drug-likeness (QED) is 0.747. The Morgan fingerprint density at radius 3 is 1.80 bits per heavy atom. The third-order valence-electron chi connectivity index (χ3n) is 4.54. The van der Waals surface area contributed by atoms with Crippen LogP contribution in [-0.4, -0.2) is 40.5 Å². The Balaban J connectivity index is 1.34. The second-order valence-electron chi connectivity index (χ2n) is 6.28. The zero-order valence-electron chi connectivity index (χ0n) is 14.2. The third-order valence-corrected chi connectivity index (χ3v) is 4.54. The van der Waals surface area contributed by atoms with Gasteiger partial charge < -0.3 is 18.8 Å². The lowest BCUT2D eigenvalue weighted by molar-refractivity contribution is -0.0429. The summed E-state index contributed by atoms with van der Waals surface area (Å²) in [7, 11) is 0.0802. The molecule has 2 aliphatic heterocycles. The molecule has 0 N–H and O–H groups in total. The van der Waals surface area contributed by atoms with Gasteiger partial charge in [-0.2, -0.15) is 10.2 Å². The van der Waals surface area contributed by atoms with Gasteiger partial charge in [-0.25, -0.2) is 9.36 Å². The molecule has 2 fully saturated rings. The van der Waals surface area contributed by atoms with Crippen LogP contribution in [0, 0.1) is 0 Å². The van der Waals surface area contributed by atoms with E-state index in [2.05, 4.69) is 10.2 Å². The molecule has 134 valence electrons. The Labute approximate surface area is 147 Å². The predicted octanol–water partition coefficient (Wildman–Crippen LogP) is 2.20. The Kier molecular flexibility index (Phi) is 5.22. The highest BCUT2D eigenvalue weighted by Gasteiger charge is 2.21. The maximum absolute atomic E-state index is 5.76. The van der Waals surface area contributed by atoms with E-state index < -0.39 is 0 Å². The zero-order valence-corrected chi connectivity index (χ0v) is 14.2. The Bertz CT molecular complexity index is 608. The smallest absolute Gasteiger partial charge is 0.515 e. The summed E-state index contributed by atoms with van der Waals surface area (Å²) >= 11 is 0. The monoisotopic (exact) mass is 346 g/mol. The van der Waals surface area contributed by atoms with Crippen molar-refractivity contribution >= 4 is 7.69 Å². The Hall–Kier alpha value is -2.00. The molecule has 9 heteroatoms. The SMILES string of the molecule is B(Oc1ccnn1C1CCCCO1)Oc1ccnn1C1CCCCO1. The van der Waals surface area contributed by atoms with E-state index >= 15 is 0 Å². The van der Waals surface area contributed by atoms with Gasteiger partial charge in [0.05, 0.1) is 12.4 Å². The lowest BCUT2D eigenvalue weighted by Gasteiger charge is -2.25. The van der Waals surface area contributed by atoms with Crippen LogP contribution in [0.1, 0.15) is 51.0 Å². The van der Waals surface area contributed by atoms with E-state index in [4.69, 9.17) is 18.8 Å². The van der Waals surface area contributed by atoms with Crippen molar-refractivity contribution in [1.82, 2.24) is 19.6 Å². The largest absolute Gasteiger partial charge is 0.578 e. The summed E-state index contributed by atoms with van der Waals surface area (Å²) in [6.07, 6.45) is 9.70. The van der Waals surface area contributed by atoms with Gasteiger partial charge in [-0.1, -0.05) is 0 Å². The van der Waals surface area contributed by atoms with E-state index in [1.807, 2.05) is 12.1 Å². The summed E-state index contributed by atoms with van der Waals surface area (Å²) in [5.41, 5.74) is 0. The first-order chi connectivity index (χ1) is 12.4. The second-order valence-corrected chi connectivity index (χ2v) is 6.28. The molecule has 2 unspecified atom stereocenters. The first-order valence-corrected chi connectivity index (χ1v) is 8.97. The molecule has 0 spiro atoms.